The van der Waals surface area contributed by atoms with Crippen molar-refractivity contribution in [2.75, 3.05) is 0 Å². The molecule has 18 heavy (non-hydrogen) atoms. The van der Waals surface area contributed by atoms with Crippen molar-refractivity contribution in [2.45, 2.75) is 0 Å². The molecule has 0 unspecified atom stereocenters. The molecule has 0 atom stereocenters. The highest BCUT2D eigenvalue weighted by Gasteiger charge is 2.12. The third-order valence-electron chi connectivity index (χ3n) is 2.69. The number of fused-ring (bicyclic) bond motifs is 2. The second kappa shape index (κ2) is 3.66. The van der Waals surface area contributed by atoms with Gasteiger partial charge in [0.25, 0.3) is 0 Å². The topological polar surface area (TPSA) is 86.1 Å². The number of hydrogen-bond donors (Lipinski definition) is 1. The third kappa shape index (κ3) is 1.45. The van der Waals surface area contributed by atoms with Gasteiger partial charge in [0.1, 0.15) is 5.52 Å². The monoisotopic (exact) mass is 239 g/mol. The summed E-state index contributed by atoms with van der Waals surface area (Å²) in [5.74, 6) is -1.84. The highest BCUT2D eigenvalue weighted by Crippen LogP contribution is 2.24. The van der Waals surface area contributed by atoms with Crippen LogP contribution in [0, 0.1) is 0 Å². The maximum atomic E-state index is 11.6. The Kier molecular flexibility index (Phi) is 2.13. The number of rotatable bonds is 1. The summed E-state index contributed by atoms with van der Waals surface area (Å²) in [6, 6.07) is 9.81. The quantitative estimate of drug-likeness (QED) is 0.651. The van der Waals surface area contributed by atoms with Crippen LogP contribution in [0.4, 0.5) is 0 Å². The van der Waals surface area contributed by atoms with Gasteiger partial charge < -0.3 is 10.2 Å². The van der Waals surface area contributed by atoms with Crippen molar-refractivity contribution in [3.8, 4) is 5.75 Å². The van der Waals surface area contributed by atoms with Crippen LogP contribution in [0.2, 0.25) is 0 Å². The van der Waals surface area contributed by atoms with Crippen molar-refractivity contribution in [1.29, 1.82) is 0 Å². The number of para-hydroxylation sites is 2. The summed E-state index contributed by atoms with van der Waals surface area (Å²) in [6.45, 7) is 0. The first-order chi connectivity index (χ1) is 8.66. The number of carboxylic acid groups (broad SMARTS) is 1. The maximum absolute atomic E-state index is 11.6. The SMILES string of the molecule is O=C(O)c1c([O-])ccc2nc3ccccc3nc12. The van der Waals surface area contributed by atoms with Gasteiger partial charge in [0, 0.05) is 0 Å². The normalized spacial score (nSPS) is 10.9. The van der Waals surface area contributed by atoms with E-state index in [1.54, 1.807) is 18.2 Å². The first-order valence-corrected chi connectivity index (χ1v) is 5.26. The largest absolute Gasteiger partial charge is 0.872 e. The van der Waals surface area contributed by atoms with Crippen molar-refractivity contribution in [3.63, 3.8) is 0 Å². The van der Waals surface area contributed by atoms with Crippen LogP contribution < -0.4 is 5.11 Å². The maximum Gasteiger partial charge on any atom is 0.337 e. The van der Waals surface area contributed by atoms with E-state index < -0.39 is 11.7 Å². The van der Waals surface area contributed by atoms with Gasteiger partial charge in [0.15, 0.2) is 0 Å². The molecular formula is C13H7N2O3-. The van der Waals surface area contributed by atoms with Crippen molar-refractivity contribution in [1.82, 2.24) is 9.97 Å². The third-order valence-corrected chi connectivity index (χ3v) is 2.69. The number of benzene rings is 2. The second-order valence-electron chi connectivity index (χ2n) is 3.82. The molecule has 3 aromatic rings. The molecule has 1 heterocycles. The van der Waals surface area contributed by atoms with Gasteiger partial charge in [-0.3, -0.25) is 0 Å². The summed E-state index contributed by atoms with van der Waals surface area (Å²) in [7, 11) is 0. The Balaban J connectivity index is 2.50. The lowest BCUT2D eigenvalue weighted by atomic mass is 10.1. The molecule has 0 aliphatic carbocycles. The first kappa shape index (κ1) is 10.5. The Hall–Kier alpha value is -2.69. The Labute approximate surface area is 101 Å². The summed E-state index contributed by atoms with van der Waals surface area (Å²) < 4.78 is 0. The minimum atomic E-state index is -1.28. The first-order valence-electron chi connectivity index (χ1n) is 5.26. The molecule has 5 heteroatoms. The fourth-order valence-electron chi connectivity index (χ4n) is 1.88. The van der Waals surface area contributed by atoms with Crippen molar-refractivity contribution in [2.24, 2.45) is 0 Å². The zero-order valence-corrected chi connectivity index (χ0v) is 9.12. The van der Waals surface area contributed by atoms with E-state index in [-0.39, 0.29) is 11.1 Å². The number of aromatic nitrogens is 2. The fourth-order valence-corrected chi connectivity index (χ4v) is 1.88. The van der Waals surface area contributed by atoms with E-state index in [0.717, 1.165) is 0 Å². The summed E-state index contributed by atoms with van der Waals surface area (Å²) in [6.07, 6.45) is 0. The van der Waals surface area contributed by atoms with Gasteiger partial charge >= 0.3 is 5.97 Å². The molecule has 2 aromatic carbocycles. The minimum Gasteiger partial charge on any atom is -0.872 e. The average molecular weight is 239 g/mol. The highest BCUT2D eigenvalue weighted by molar-refractivity contribution is 6.04. The van der Waals surface area contributed by atoms with Crippen LogP contribution in [-0.4, -0.2) is 21.0 Å². The minimum absolute atomic E-state index is 0.133. The molecule has 0 fully saturated rings. The summed E-state index contributed by atoms with van der Waals surface area (Å²) in [4.78, 5) is 19.6. The smallest absolute Gasteiger partial charge is 0.337 e. The van der Waals surface area contributed by atoms with Gasteiger partial charge in [-0.25, -0.2) is 14.8 Å². The highest BCUT2D eigenvalue weighted by atomic mass is 16.4. The van der Waals surface area contributed by atoms with Crippen molar-refractivity contribution in [3.05, 3.63) is 42.0 Å². The van der Waals surface area contributed by atoms with Crippen LogP contribution in [0.15, 0.2) is 36.4 Å². The summed E-state index contributed by atoms with van der Waals surface area (Å²) in [5.41, 5.74) is 1.45. The second-order valence-corrected chi connectivity index (χ2v) is 3.82. The zero-order valence-electron chi connectivity index (χ0n) is 9.12. The van der Waals surface area contributed by atoms with E-state index in [2.05, 4.69) is 9.97 Å². The fraction of sp³-hybridized carbons (Fsp3) is 0. The van der Waals surface area contributed by atoms with Gasteiger partial charge in [-0.05, 0) is 18.2 Å². The Morgan fingerprint density at radius 2 is 1.67 bits per heavy atom. The van der Waals surface area contributed by atoms with E-state index in [1.807, 2.05) is 6.07 Å². The number of carboxylic acids is 1. The number of carbonyl (C=O) groups is 1. The lowest BCUT2D eigenvalue weighted by molar-refractivity contribution is -0.268. The molecular weight excluding hydrogens is 232 g/mol. The predicted molar refractivity (Wildman–Crippen MR) is 63.4 cm³/mol. The lowest BCUT2D eigenvalue weighted by Crippen LogP contribution is -2.06. The average Bonchev–Trinajstić information content (AvgIpc) is 2.36. The van der Waals surface area contributed by atoms with Crippen LogP contribution in [0.25, 0.3) is 22.1 Å². The van der Waals surface area contributed by atoms with Gasteiger partial charge in [0.2, 0.25) is 0 Å². The zero-order chi connectivity index (χ0) is 12.7. The molecule has 0 saturated carbocycles. The van der Waals surface area contributed by atoms with Gasteiger partial charge in [0.05, 0.1) is 22.1 Å². The van der Waals surface area contributed by atoms with Crippen LogP contribution in [0.1, 0.15) is 10.4 Å². The molecule has 0 bridgehead atoms. The van der Waals surface area contributed by atoms with Crippen LogP contribution >= 0.6 is 0 Å². The van der Waals surface area contributed by atoms with Crippen molar-refractivity contribution >= 4 is 28.0 Å². The molecule has 0 aliphatic rings. The van der Waals surface area contributed by atoms with E-state index in [1.165, 1.54) is 12.1 Å². The molecule has 0 saturated heterocycles. The number of hydrogen-bond acceptors (Lipinski definition) is 4. The number of nitrogens with zero attached hydrogens (tertiary/aromatic N) is 2. The predicted octanol–water partition coefficient (Wildman–Crippen LogP) is 1.55. The molecule has 0 radical (unpaired) electrons. The van der Waals surface area contributed by atoms with E-state index >= 15 is 0 Å². The molecule has 1 N–H and O–H groups in total. The van der Waals surface area contributed by atoms with Crippen LogP contribution in [-0.2, 0) is 0 Å². The van der Waals surface area contributed by atoms with Gasteiger partial charge in [-0.15, -0.1) is 0 Å². The molecule has 0 amide bonds. The Morgan fingerprint density at radius 3 is 2.33 bits per heavy atom. The molecule has 5 nitrogen and oxygen atoms in total. The van der Waals surface area contributed by atoms with Crippen molar-refractivity contribution < 1.29 is 15.0 Å². The lowest BCUT2D eigenvalue weighted by Gasteiger charge is -2.12. The van der Waals surface area contributed by atoms with Gasteiger partial charge in [-0.2, -0.15) is 0 Å². The van der Waals surface area contributed by atoms with Crippen LogP contribution in [0.5, 0.6) is 5.75 Å². The van der Waals surface area contributed by atoms with E-state index in [0.29, 0.717) is 16.6 Å². The Bertz CT molecular complexity index is 784. The molecule has 88 valence electrons. The van der Waals surface area contributed by atoms with E-state index in [4.69, 9.17) is 5.11 Å². The van der Waals surface area contributed by atoms with E-state index in [9.17, 15) is 9.90 Å². The summed E-state index contributed by atoms with van der Waals surface area (Å²) in [5, 5.41) is 20.6. The van der Waals surface area contributed by atoms with Crippen LogP contribution in [0.3, 0.4) is 0 Å². The standard InChI is InChI=1S/C13H8N2O3/c16-10-6-5-9-12(11(10)13(17)18)15-8-4-2-1-3-7(8)14-9/h1-6,16H,(H,17,18)/p-1. The molecule has 0 spiro atoms. The summed E-state index contributed by atoms with van der Waals surface area (Å²) >= 11 is 0. The Morgan fingerprint density at radius 1 is 1.00 bits per heavy atom. The molecule has 1 aromatic heterocycles. The molecule has 0 aliphatic heterocycles. The molecule has 3 rings (SSSR count). The number of aromatic carboxylic acids is 1. The van der Waals surface area contributed by atoms with Gasteiger partial charge in [-0.1, -0.05) is 23.9 Å².